The third-order valence-corrected chi connectivity index (χ3v) is 2.44. The molecule has 6 heteroatoms. The molecule has 6 nitrogen and oxygen atoms in total. The van der Waals surface area contributed by atoms with Crippen LogP contribution >= 0.6 is 0 Å². The quantitative estimate of drug-likeness (QED) is 0.225. The van der Waals surface area contributed by atoms with Crippen molar-refractivity contribution in [3.63, 3.8) is 0 Å². The Morgan fingerprint density at radius 2 is 2.50 bits per heavy atom. The van der Waals surface area contributed by atoms with E-state index >= 15 is 0 Å². The van der Waals surface area contributed by atoms with E-state index in [0.717, 1.165) is 45.2 Å². The van der Waals surface area contributed by atoms with Crippen LogP contribution in [0.4, 0.5) is 0 Å². The van der Waals surface area contributed by atoms with Crippen molar-refractivity contribution in [2.45, 2.75) is 19.4 Å². The highest BCUT2D eigenvalue weighted by Crippen LogP contribution is 2.04. The summed E-state index contributed by atoms with van der Waals surface area (Å²) in [6, 6.07) is 0. The summed E-state index contributed by atoms with van der Waals surface area (Å²) in [5, 5.41) is 0. The van der Waals surface area contributed by atoms with E-state index in [-0.39, 0.29) is 6.10 Å². The smallest absolute Gasteiger partial charge is 0.208 e. The molecule has 1 fully saturated rings. The minimum Gasteiger partial charge on any atom is -0.385 e. The van der Waals surface area contributed by atoms with Gasteiger partial charge in [0.25, 0.3) is 0 Å². The van der Waals surface area contributed by atoms with E-state index < -0.39 is 0 Å². The number of aliphatic imine (C=N–C) groups is 1. The number of guanidine groups is 1. The Bertz CT molecular complexity index is 223. The van der Waals surface area contributed by atoms with Crippen molar-refractivity contribution in [2.24, 2.45) is 10.8 Å². The Morgan fingerprint density at radius 1 is 1.69 bits per heavy atom. The standard InChI is InChI=1S/C10H22N4O2/c1-9-8-14(5-7-16-9)10(13-11)12-4-3-6-15-2/h9H,3-8,11H2,1-2H3,(H,12,13). The number of hydrogen-bond donors (Lipinski definition) is 2. The van der Waals surface area contributed by atoms with Crippen LogP contribution in [0.1, 0.15) is 13.3 Å². The number of nitrogens with one attached hydrogen (secondary N) is 1. The molecular weight excluding hydrogens is 208 g/mol. The maximum Gasteiger partial charge on any atom is 0.208 e. The molecule has 0 amide bonds. The first kappa shape index (κ1) is 13.2. The third-order valence-electron chi connectivity index (χ3n) is 2.44. The van der Waals surface area contributed by atoms with Crippen LogP contribution in [0.2, 0.25) is 0 Å². The van der Waals surface area contributed by atoms with Gasteiger partial charge in [-0.3, -0.25) is 10.4 Å². The van der Waals surface area contributed by atoms with E-state index in [9.17, 15) is 0 Å². The van der Waals surface area contributed by atoms with Gasteiger partial charge in [-0.05, 0) is 13.3 Å². The van der Waals surface area contributed by atoms with Gasteiger partial charge in [-0.1, -0.05) is 0 Å². The van der Waals surface area contributed by atoms with E-state index in [1.807, 2.05) is 6.92 Å². The normalized spacial score (nSPS) is 22.3. The summed E-state index contributed by atoms with van der Waals surface area (Å²) in [5.74, 6) is 6.21. The van der Waals surface area contributed by atoms with Gasteiger partial charge in [0, 0.05) is 33.4 Å². The van der Waals surface area contributed by atoms with Gasteiger partial charge in [-0.15, -0.1) is 0 Å². The second-order valence-corrected chi connectivity index (χ2v) is 3.82. The van der Waals surface area contributed by atoms with Gasteiger partial charge >= 0.3 is 0 Å². The molecule has 1 atom stereocenters. The molecule has 1 unspecified atom stereocenters. The molecule has 1 heterocycles. The van der Waals surface area contributed by atoms with Crippen LogP contribution in [0.15, 0.2) is 4.99 Å². The fourth-order valence-corrected chi connectivity index (χ4v) is 1.64. The van der Waals surface area contributed by atoms with E-state index in [1.54, 1.807) is 7.11 Å². The first-order valence-corrected chi connectivity index (χ1v) is 5.64. The maximum absolute atomic E-state index is 5.47. The number of morpholine rings is 1. The van der Waals surface area contributed by atoms with Crippen molar-refractivity contribution in [2.75, 3.05) is 40.0 Å². The summed E-state index contributed by atoms with van der Waals surface area (Å²) in [6.45, 7) is 5.87. The fourth-order valence-electron chi connectivity index (χ4n) is 1.64. The molecule has 1 rings (SSSR count). The van der Waals surface area contributed by atoms with Crippen molar-refractivity contribution in [1.29, 1.82) is 0 Å². The molecule has 1 aliphatic heterocycles. The molecule has 0 aromatic carbocycles. The Labute approximate surface area is 96.8 Å². The predicted octanol–water partition coefficient (Wildman–Crippen LogP) is -0.437. The predicted molar refractivity (Wildman–Crippen MR) is 63.1 cm³/mol. The summed E-state index contributed by atoms with van der Waals surface area (Å²) in [7, 11) is 1.69. The summed E-state index contributed by atoms with van der Waals surface area (Å²) in [6.07, 6.45) is 1.13. The second kappa shape index (κ2) is 7.43. The minimum absolute atomic E-state index is 0.228. The van der Waals surface area contributed by atoms with Crippen LogP contribution in [0, 0.1) is 0 Å². The SMILES string of the molecule is COCCCN=C(NN)N1CCOC(C)C1. The Kier molecular flexibility index (Phi) is 6.14. The van der Waals surface area contributed by atoms with Gasteiger partial charge in [-0.2, -0.15) is 0 Å². The molecule has 0 saturated carbocycles. The zero-order chi connectivity index (χ0) is 11.8. The molecule has 16 heavy (non-hydrogen) atoms. The number of methoxy groups -OCH3 is 1. The van der Waals surface area contributed by atoms with E-state index in [0.29, 0.717) is 0 Å². The van der Waals surface area contributed by atoms with Crippen molar-refractivity contribution in [1.82, 2.24) is 10.3 Å². The van der Waals surface area contributed by atoms with Gasteiger partial charge in [0.2, 0.25) is 5.96 Å². The lowest BCUT2D eigenvalue weighted by atomic mass is 10.3. The molecule has 0 spiro atoms. The largest absolute Gasteiger partial charge is 0.385 e. The summed E-state index contributed by atoms with van der Waals surface area (Å²) < 4.78 is 10.4. The first-order valence-electron chi connectivity index (χ1n) is 5.64. The van der Waals surface area contributed by atoms with Crippen LogP contribution < -0.4 is 11.3 Å². The summed E-state index contributed by atoms with van der Waals surface area (Å²) >= 11 is 0. The van der Waals surface area contributed by atoms with Crippen LogP contribution in [-0.2, 0) is 9.47 Å². The van der Waals surface area contributed by atoms with Gasteiger partial charge < -0.3 is 14.4 Å². The number of hydrogen-bond acceptors (Lipinski definition) is 4. The topological polar surface area (TPSA) is 72.1 Å². The third kappa shape index (κ3) is 4.34. The van der Waals surface area contributed by atoms with Crippen molar-refractivity contribution in [3.05, 3.63) is 0 Å². The average molecular weight is 230 g/mol. The van der Waals surface area contributed by atoms with E-state index in [4.69, 9.17) is 15.3 Å². The highest BCUT2D eigenvalue weighted by atomic mass is 16.5. The minimum atomic E-state index is 0.228. The lowest BCUT2D eigenvalue weighted by molar-refractivity contribution is 0.00457. The van der Waals surface area contributed by atoms with Gasteiger partial charge in [0.1, 0.15) is 0 Å². The zero-order valence-electron chi connectivity index (χ0n) is 10.1. The molecule has 0 aliphatic carbocycles. The van der Waals surface area contributed by atoms with Gasteiger partial charge in [0.15, 0.2) is 0 Å². The molecule has 0 aromatic rings. The number of nitrogens with two attached hydrogens (primary N) is 1. The molecule has 1 saturated heterocycles. The lowest BCUT2D eigenvalue weighted by Gasteiger charge is -2.33. The van der Waals surface area contributed by atoms with Crippen molar-refractivity contribution in [3.8, 4) is 0 Å². The highest BCUT2D eigenvalue weighted by Gasteiger charge is 2.18. The molecule has 1 aliphatic rings. The van der Waals surface area contributed by atoms with E-state index in [1.165, 1.54) is 0 Å². The molecule has 0 bridgehead atoms. The van der Waals surface area contributed by atoms with Crippen molar-refractivity contribution >= 4 is 5.96 Å². The maximum atomic E-state index is 5.47. The summed E-state index contributed by atoms with van der Waals surface area (Å²) in [5.41, 5.74) is 2.65. The van der Waals surface area contributed by atoms with Crippen LogP contribution in [0.3, 0.4) is 0 Å². The molecule has 94 valence electrons. The Balaban J connectivity index is 2.39. The van der Waals surface area contributed by atoms with Crippen LogP contribution in [0.25, 0.3) is 0 Å². The zero-order valence-corrected chi connectivity index (χ0v) is 10.1. The number of nitrogens with zero attached hydrogens (tertiary/aromatic N) is 2. The number of hydrazine groups is 1. The average Bonchev–Trinajstić information content (AvgIpc) is 2.29. The monoisotopic (exact) mass is 230 g/mol. The molecule has 0 aromatic heterocycles. The molecule has 3 N–H and O–H groups in total. The second-order valence-electron chi connectivity index (χ2n) is 3.82. The fraction of sp³-hybridized carbons (Fsp3) is 0.900. The lowest BCUT2D eigenvalue weighted by Crippen LogP contribution is -2.51. The van der Waals surface area contributed by atoms with Gasteiger partial charge in [0.05, 0.1) is 12.7 Å². The van der Waals surface area contributed by atoms with Crippen molar-refractivity contribution < 1.29 is 9.47 Å². The molecule has 0 radical (unpaired) electrons. The highest BCUT2D eigenvalue weighted by molar-refractivity contribution is 5.79. The van der Waals surface area contributed by atoms with Crippen LogP contribution in [0.5, 0.6) is 0 Å². The summed E-state index contributed by atoms with van der Waals surface area (Å²) in [4.78, 5) is 6.52. The van der Waals surface area contributed by atoms with Gasteiger partial charge in [-0.25, -0.2) is 5.84 Å². The van der Waals surface area contributed by atoms with Crippen LogP contribution in [-0.4, -0.2) is 56.9 Å². The Hall–Kier alpha value is -0.850. The molecular formula is C10H22N4O2. The number of ether oxygens (including phenoxy) is 2. The van der Waals surface area contributed by atoms with E-state index in [2.05, 4.69) is 15.3 Å². The first-order chi connectivity index (χ1) is 7.77. The number of rotatable bonds is 4. The Morgan fingerprint density at radius 3 is 3.12 bits per heavy atom.